The number of anilines is 1. The maximum Gasteiger partial charge on any atom is 0.190 e. The van der Waals surface area contributed by atoms with Gasteiger partial charge in [0.1, 0.15) is 17.7 Å². The van der Waals surface area contributed by atoms with Crippen LogP contribution in [0.1, 0.15) is 0 Å². The van der Waals surface area contributed by atoms with E-state index in [1.807, 2.05) is 6.07 Å². The topological polar surface area (TPSA) is 111 Å². The van der Waals surface area contributed by atoms with E-state index in [4.69, 9.17) is 5.73 Å². The first-order valence-electron chi connectivity index (χ1n) is 5.57. The summed E-state index contributed by atoms with van der Waals surface area (Å²) in [5.74, 6) is 1.12. The minimum absolute atomic E-state index is 0.464. The second-order valence-corrected chi connectivity index (χ2v) is 4.03. The molecule has 4 rings (SSSR count). The van der Waals surface area contributed by atoms with Gasteiger partial charge in [0.2, 0.25) is 0 Å². The monoisotopic (exact) mass is 252 g/mol. The fraction of sp³-hybridized carbons (Fsp3) is 0. The van der Waals surface area contributed by atoms with Crippen LogP contribution in [0.25, 0.3) is 28.2 Å². The Hall–Kier alpha value is -3.03. The predicted molar refractivity (Wildman–Crippen MR) is 68.1 cm³/mol. The molecule has 0 bridgehead atoms. The summed E-state index contributed by atoms with van der Waals surface area (Å²) in [7, 11) is 0. The number of H-pyrrole nitrogens is 1. The van der Waals surface area contributed by atoms with Crippen molar-refractivity contribution in [2.45, 2.75) is 0 Å². The smallest absolute Gasteiger partial charge is 0.190 e. The van der Waals surface area contributed by atoms with Gasteiger partial charge in [-0.2, -0.15) is 0 Å². The zero-order chi connectivity index (χ0) is 12.8. The Bertz CT molecular complexity index is 873. The molecule has 4 heterocycles. The van der Waals surface area contributed by atoms with Crippen LogP contribution in [0, 0.1) is 0 Å². The second-order valence-electron chi connectivity index (χ2n) is 4.03. The molecule has 0 spiro atoms. The van der Waals surface area contributed by atoms with Crippen LogP contribution in [-0.2, 0) is 0 Å². The van der Waals surface area contributed by atoms with Crippen LogP contribution in [0.4, 0.5) is 5.82 Å². The van der Waals surface area contributed by atoms with Crippen molar-refractivity contribution in [1.29, 1.82) is 0 Å². The Balaban J connectivity index is 2.02. The Kier molecular flexibility index (Phi) is 1.82. The van der Waals surface area contributed by atoms with Crippen molar-refractivity contribution in [2.75, 3.05) is 5.73 Å². The molecule has 0 aliphatic rings. The first kappa shape index (κ1) is 9.95. The van der Waals surface area contributed by atoms with Crippen molar-refractivity contribution in [2.24, 2.45) is 0 Å². The summed E-state index contributed by atoms with van der Waals surface area (Å²) in [5, 5.41) is 8.33. The molecule has 8 nitrogen and oxygen atoms in total. The summed E-state index contributed by atoms with van der Waals surface area (Å²) in [4.78, 5) is 15.4. The van der Waals surface area contributed by atoms with Gasteiger partial charge in [-0.25, -0.2) is 15.0 Å². The first-order valence-corrected chi connectivity index (χ1v) is 5.57. The summed E-state index contributed by atoms with van der Waals surface area (Å²) in [6, 6.07) is 3.56. The van der Waals surface area contributed by atoms with E-state index < -0.39 is 0 Å². The van der Waals surface area contributed by atoms with Gasteiger partial charge < -0.3 is 10.7 Å². The summed E-state index contributed by atoms with van der Waals surface area (Å²) >= 11 is 0. The molecule has 3 N–H and O–H groups in total. The number of rotatable bonds is 1. The molecule has 0 aromatic carbocycles. The summed E-state index contributed by atoms with van der Waals surface area (Å²) in [5.41, 5.74) is 8.44. The minimum Gasteiger partial charge on any atom is -0.384 e. The van der Waals surface area contributed by atoms with Crippen LogP contribution in [0.5, 0.6) is 0 Å². The average Bonchev–Trinajstić information content (AvgIpc) is 3.04. The third-order valence-corrected chi connectivity index (χ3v) is 2.88. The quantitative estimate of drug-likeness (QED) is 0.514. The highest BCUT2D eigenvalue weighted by Gasteiger charge is 2.12. The van der Waals surface area contributed by atoms with Crippen LogP contribution < -0.4 is 5.73 Å². The second kappa shape index (κ2) is 3.48. The van der Waals surface area contributed by atoms with E-state index in [0.29, 0.717) is 22.9 Å². The molecule has 92 valence electrons. The molecular formula is C11H8N8. The van der Waals surface area contributed by atoms with Crippen LogP contribution in [-0.4, -0.2) is 34.5 Å². The van der Waals surface area contributed by atoms with Gasteiger partial charge in [0.05, 0.1) is 6.33 Å². The zero-order valence-corrected chi connectivity index (χ0v) is 9.65. The maximum atomic E-state index is 5.57. The lowest BCUT2D eigenvalue weighted by molar-refractivity contribution is 1.08. The number of fused-ring (bicyclic) bond motifs is 3. The van der Waals surface area contributed by atoms with Crippen LogP contribution in [0.3, 0.4) is 0 Å². The number of nitrogens with two attached hydrogens (primary N) is 1. The number of hydrogen-bond donors (Lipinski definition) is 2. The fourth-order valence-corrected chi connectivity index (χ4v) is 1.97. The van der Waals surface area contributed by atoms with E-state index in [0.717, 1.165) is 11.1 Å². The minimum atomic E-state index is 0.464. The van der Waals surface area contributed by atoms with Gasteiger partial charge in [0.25, 0.3) is 0 Å². The number of nitrogens with one attached hydrogen (secondary N) is 1. The number of nitrogen functional groups attached to an aromatic ring is 1. The number of imidazole rings is 1. The Morgan fingerprint density at radius 3 is 2.89 bits per heavy atom. The molecule has 4 aromatic rings. The molecule has 0 aliphatic carbocycles. The molecule has 0 saturated carbocycles. The van der Waals surface area contributed by atoms with Crippen molar-refractivity contribution in [3.63, 3.8) is 0 Å². The van der Waals surface area contributed by atoms with Crippen molar-refractivity contribution in [3.05, 3.63) is 31.0 Å². The molecule has 19 heavy (non-hydrogen) atoms. The fourth-order valence-electron chi connectivity index (χ4n) is 1.97. The number of aromatic amines is 1. The highest BCUT2D eigenvalue weighted by atomic mass is 15.3. The number of pyridine rings is 1. The molecule has 0 saturated heterocycles. The van der Waals surface area contributed by atoms with E-state index >= 15 is 0 Å². The zero-order valence-electron chi connectivity index (χ0n) is 9.65. The average molecular weight is 252 g/mol. The lowest BCUT2D eigenvalue weighted by Gasteiger charge is -1.99. The van der Waals surface area contributed by atoms with Crippen molar-refractivity contribution in [1.82, 2.24) is 34.5 Å². The van der Waals surface area contributed by atoms with Gasteiger partial charge in [-0.05, 0) is 12.1 Å². The van der Waals surface area contributed by atoms with Crippen molar-refractivity contribution in [3.8, 4) is 11.4 Å². The molecule has 0 radical (unpaired) electrons. The Labute approximate surface area is 106 Å². The van der Waals surface area contributed by atoms with Gasteiger partial charge in [-0.3, -0.25) is 4.40 Å². The largest absolute Gasteiger partial charge is 0.384 e. The molecule has 0 atom stereocenters. The van der Waals surface area contributed by atoms with Crippen molar-refractivity contribution < 1.29 is 0 Å². The molecule has 8 heteroatoms. The molecule has 0 unspecified atom stereocenters. The van der Waals surface area contributed by atoms with Gasteiger partial charge in [-0.15, -0.1) is 10.2 Å². The normalized spacial score (nSPS) is 11.4. The molecule has 4 aromatic heterocycles. The number of nitrogens with zero attached hydrogens (tertiary/aromatic N) is 6. The lowest BCUT2D eigenvalue weighted by atomic mass is 10.2. The number of hydrogen-bond acceptors (Lipinski definition) is 6. The van der Waals surface area contributed by atoms with E-state index in [9.17, 15) is 0 Å². The SMILES string of the molecule is Nc1ccc(-c2nnc3c4[nH]cnc4ncn23)cn1. The van der Waals surface area contributed by atoms with E-state index in [1.54, 1.807) is 29.3 Å². The Morgan fingerprint density at radius 2 is 2.05 bits per heavy atom. The summed E-state index contributed by atoms with van der Waals surface area (Å²) in [6.07, 6.45) is 4.88. The molecular weight excluding hydrogens is 244 g/mol. The lowest BCUT2D eigenvalue weighted by Crippen LogP contribution is -1.94. The van der Waals surface area contributed by atoms with Crippen LogP contribution in [0.15, 0.2) is 31.0 Å². The van der Waals surface area contributed by atoms with Gasteiger partial charge >= 0.3 is 0 Å². The first-order chi connectivity index (χ1) is 9.33. The van der Waals surface area contributed by atoms with E-state index in [-0.39, 0.29) is 0 Å². The predicted octanol–water partition coefficient (Wildman–Crippen LogP) is 0.645. The van der Waals surface area contributed by atoms with Gasteiger partial charge in [0, 0.05) is 11.8 Å². The van der Waals surface area contributed by atoms with Crippen molar-refractivity contribution >= 4 is 22.6 Å². The third kappa shape index (κ3) is 1.36. The molecule has 0 aliphatic heterocycles. The van der Waals surface area contributed by atoms with Crippen LogP contribution >= 0.6 is 0 Å². The standard InChI is InChI=1S/C11H8N8/c12-7-2-1-6(3-13-7)10-17-18-11-8-9(15-4-14-8)16-5-19(10)11/h1-5H,(H2,12,13)(H,14,15). The van der Waals surface area contributed by atoms with Gasteiger partial charge in [-0.1, -0.05) is 0 Å². The highest BCUT2D eigenvalue weighted by molar-refractivity contribution is 5.85. The third-order valence-electron chi connectivity index (χ3n) is 2.88. The maximum absolute atomic E-state index is 5.57. The van der Waals surface area contributed by atoms with Crippen LogP contribution in [0.2, 0.25) is 0 Å². The van der Waals surface area contributed by atoms with Gasteiger partial charge in [0.15, 0.2) is 17.1 Å². The van der Waals surface area contributed by atoms with E-state index in [1.165, 1.54) is 0 Å². The highest BCUT2D eigenvalue weighted by Crippen LogP contribution is 2.20. The molecule has 0 amide bonds. The van der Waals surface area contributed by atoms with E-state index in [2.05, 4.69) is 30.1 Å². The molecule has 0 fully saturated rings. The number of aromatic nitrogens is 7. The summed E-state index contributed by atoms with van der Waals surface area (Å²) < 4.78 is 1.79. The summed E-state index contributed by atoms with van der Waals surface area (Å²) in [6.45, 7) is 0. The Morgan fingerprint density at radius 1 is 1.11 bits per heavy atom.